The number of alkyl halides is 3. The van der Waals surface area contributed by atoms with Gasteiger partial charge in [-0.15, -0.1) is 0 Å². The van der Waals surface area contributed by atoms with Gasteiger partial charge < -0.3 is 9.88 Å². The lowest BCUT2D eigenvalue weighted by molar-refractivity contribution is -0.134. The molecule has 1 aliphatic heterocycles. The lowest BCUT2D eigenvalue weighted by Gasteiger charge is -2.33. The van der Waals surface area contributed by atoms with Crippen molar-refractivity contribution in [3.63, 3.8) is 0 Å². The molecule has 1 saturated heterocycles. The third-order valence-corrected chi connectivity index (χ3v) is 7.60. The van der Waals surface area contributed by atoms with Crippen molar-refractivity contribution in [2.24, 2.45) is 0 Å². The van der Waals surface area contributed by atoms with Crippen LogP contribution >= 0.6 is 0 Å². The van der Waals surface area contributed by atoms with Gasteiger partial charge in [-0.2, -0.15) is 23.5 Å². The number of nitrogens with one attached hydrogen (secondary N) is 2. The van der Waals surface area contributed by atoms with E-state index in [9.17, 15) is 18.4 Å². The molecule has 1 aromatic carbocycles. The zero-order valence-corrected chi connectivity index (χ0v) is 22.4. The van der Waals surface area contributed by atoms with E-state index in [4.69, 9.17) is 0 Å². The van der Waals surface area contributed by atoms with Crippen LogP contribution in [0, 0.1) is 18.3 Å². The number of piperidine rings is 1. The summed E-state index contributed by atoms with van der Waals surface area (Å²) in [5.41, 5.74) is 6.87. The number of aromatic nitrogens is 4. The molecular weight excluding hydrogens is 515 g/mol. The number of nitrogens with zero attached hydrogens (tertiary/aromatic N) is 5. The zero-order chi connectivity index (χ0) is 28.3. The minimum atomic E-state index is -4.21. The first kappa shape index (κ1) is 27.5. The van der Waals surface area contributed by atoms with Crippen molar-refractivity contribution in [3.05, 3.63) is 83.1 Å². The highest BCUT2D eigenvalue weighted by Crippen LogP contribution is 2.29. The van der Waals surface area contributed by atoms with Crippen LogP contribution in [-0.2, 0) is 19.5 Å². The van der Waals surface area contributed by atoms with Gasteiger partial charge in [0.05, 0.1) is 18.4 Å². The van der Waals surface area contributed by atoms with E-state index in [1.807, 2.05) is 22.9 Å². The van der Waals surface area contributed by atoms with Gasteiger partial charge in [0, 0.05) is 66.1 Å². The monoisotopic (exact) mass is 547 g/mol. The van der Waals surface area contributed by atoms with Gasteiger partial charge in [-0.25, -0.2) is 0 Å². The lowest BCUT2D eigenvalue weighted by Crippen LogP contribution is -2.38. The van der Waals surface area contributed by atoms with Crippen LogP contribution in [0.25, 0.3) is 17.0 Å². The molecule has 4 heterocycles. The SMILES string of the molecule is C=Cc1cc(NC2CCN(Cc3ccc4c(cc(C#N)n4Cc4cn[nH]c4)c3C)CC2)cc(CCC(F)(F)F)n1. The summed E-state index contributed by atoms with van der Waals surface area (Å²) < 4.78 is 40.2. The number of nitriles is 1. The highest BCUT2D eigenvalue weighted by molar-refractivity contribution is 5.86. The maximum Gasteiger partial charge on any atom is 0.389 e. The molecule has 0 radical (unpaired) electrons. The number of fused-ring (bicyclic) bond motifs is 1. The van der Waals surface area contributed by atoms with Gasteiger partial charge >= 0.3 is 6.18 Å². The molecule has 0 atom stereocenters. The van der Waals surface area contributed by atoms with E-state index in [1.54, 1.807) is 18.3 Å². The van der Waals surface area contributed by atoms with Crippen LogP contribution in [0.3, 0.4) is 0 Å². The summed E-state index contributed by atoms with van der Waals surface area (Å²) in [5.74, 6) is 0. The van der Waals surface area contributed by atoms with Crippen LogP contribution in [-0.4, -0.2) is 50.0 Å². The number of pyridine rings is 1. The molecule has 1 aliphatic rings. The first-order chi connectivity index (χ1) is 19.2. The fraction of sp³-hybridized carbons (Fsp3) is 0.367. The quantitative estimate of drug-likeness (QED) is 0.261. The van der Waals surface area contributed by atoms with E-state index in [2.05, 4.69) is 57.1 Å². The third kappa shape index (κ3) is 6.37. The summed E-state index contributed by atoms with van der Waals surface area (Å²) in [6, 6.07) is 12.3. The highest BCUT2D eigenvalue weighted by atomic mass is 19.4. The number of hydrogen-bond donors (Lipinski definition) is 2. The molecule has 2 N–H and O–H groups in total. The molecule has 4 aromatic rings. The fourth-order valence-electron chi connectivity index (χ4n) is 5.41. The Hall–Kier alpha value is -4.10. The maximum absolute atomic E-state index is 12.7. The lowest BCUT2D eigenvalue weighted by atomic mass is 10.0. The zero-order valence-electron chi connectivity index (χ0n) is 22.4. The molecule has 7 nitrogen and oxygen atoms in total. The summed E-state index contributed by atoms with van der Waals surface area (Å²) in [6.07, 6.45) is 1.77. The number of anilines is 1. The standard InChI is InChI=1S/C30H32F3N7/c1-3-23-12-26(13-25(37-23)6-9-30(31,32)33)38-24-7-10-39(11-8-24)19-22-4-5-29-28(20(22)2)14-27(15-34)40(29)18-21-16-35-36-17-21/h3-5,12-14,16-17,24H,1,6-11,18-19H2,2H3,(H,35,36)(H,37,38). The predicted octanol–water partition coefficient (Wildman–Crippen LogP) is 6.20. The number of H-pyrrole nitrogens is 1. The second-order valence-electron chi connectivity index (χ2n) is 10.4. The first-order valence-corrected chi connectivity index (χ1v) is 13.4. The van der Waals surface area contributed by atoms with E-state index in [0.29, 0.717) is 23.6 Å². The van der Waals surface area contributed by atoms with E-state index in [0.717, 1.165) is 54.6 Å². The average Bonchev–Trinajstić information content (AvgIpc) is 3.58. The average molecular weight is 548 g/mol. The molecule has 10 heteroatoms. The number of rotatable bonds is 9. The topological polar surface area (TPSA) is 85.6 Å². The first-order valence-electron chi connectivity index (χ1n) is 13.4. The molecule has 5 rings (SSSR count). The number of likely N-dealkylation sites (tertiary alicyclic amines) is 1. The molecule has 208 valence electrons. The van der Waals surface area contributed by atoms with Crippen molar-refractivity contribution in [3.8, 4) is 6.07 Å². The van der Waals surface area contributed by atoms with Crippen LogP contribution in [0.4, 0.5) is 18.9 Å². The maximum atomic E-state index is 12.7. The highest BCUT2D eigenvalue weighted by Gasteiger charge is 2.27. The van der Waals surface area contributed by atoms with Crippen molar-refractivity contribution >= 4 is 22.7 Å². The van der Waals surface area contributed by atoms with Crippen molar-refractivity contribution < 1.29 is 13.2 Å². The predicted molar refractivity (Wildman–Crippen MR) is 150 cm³/mol. The number of aryl methyl sites for hydroxylation is 2. The van der Waals surface area contributed by atoms with Gasteiger partial charge in [0.15, 0.2) is 0 Å². The summed E-state index contributed by atoms with van der Waals surface area (Å²) in [7, 11) is 0. The van der Waals surface area contributed by atoms with Crippen LogP contribution in [0.5, 0.6) is 0 Å². The molecule has 0 bridgehead atoms. The van der Waals surface area contributed by atoms with Gasteiger partial charge in [-0.3, -0.25) is 15.0 Å². The summed E-state index contributed by atoms with van der Waals surface area (Å²) in [5, 5.41) is 21.2. The number of halogens is 3. The van der Waals surface area contributed by atoms with E-state index < -0.39 is 12.6 Å². The number of aromatic amines is 1. The second-order valence-corrected chi connectivity index (χ2v) is 10.4. The van der Waals surface area contributed by atoms with Crippen molar-refractivity contribution in [1.82, 2.24) is 24.6 Å². The minimum absolute atomic E-state index is 0.148. The van der Waals surface area contributed by atoms with Gasteiger partial charge in [-0.05, 0) is 67.7 Å². The van der Waals surface area contributed by atoms with Gasteiger partial charge in [0.25, 0.3) is 0 Å². The molecule has 0 amide bonds. The third-order valence-electron chi connectivity index (χ3n) is 7.60. The van der Waals surface area contributed by atoms with Gasteiger partial charge in [-0.1, -0.05) is 12.6 Å². The smallest absolute Gasteiger partial charge is 0.382 e. The van der Waals surface area contributed by atoms with Crippen LogP contribution in [0.15, 0.2) is 49.3 Å². The van der Waals surface area contributed by atoms with E-state index in [1.165, 1.54) is 11.1 Å². The van der Waals surface area contributed by atoms with E-state index in [-0.39, 0.29) is 12.5 Å². The molecule has 0 aliphatic carbocycles. The van der Waals surface area contributed by atoms with Crippen LogP contribution < -0.4 is 5.32 Å². The summed E-state index contributed by atoms with van der Waals surface area (Å²) >= 11 is 0. The summed E-state index contributed by atoms with van der Waals surface area (Å²) in [6.45, 7) is 9.06. The van der Waals surface area contributed by atoms with Gasteiger partial charge in [0.2, 0.25) is 0 Å². The minimum Gasteiger partial charge on any atom is -0.382 e. The Bertz CT molecular complexity index is 1520. The number of hydrogen-bond acceptors (Lipinski definition) is 5. The Balaban J connectivity index is 1.22. The Morgan fingerprint density at radius 2 is 2.00 bits per heavy atom. The molecule has 0 saturated carbocycles. The van der Waals surface area contributed by atoms with Crippen molar-refractivity contribution in [1.29, 1.82) is 5.26 Å². The van der Waals surface area contributed by atoms with E-state index >= 15 is 0 Å². The van der Waals surface area contributed by atoms with Crippen molar-refractivity contribution in [2.45, 2.75) is 57.9 Å². The Morgan fingerprint density at radius 3 is 2.67 bits per heavy atom. The molecule has 0 unspecified atom stereocenters. The molecule has 3 aromatic heterocycles. The fourth-order valence-corrected chi connectivity index (χ4v) is 5.41. The molecule has 1 fully saturated rings. The Kier molecular flexibility index (Phi) is 7.94. The Morgan fingerprint density at radius 1 is 1.20 bits per heavy atom. The summed E-state index contributed by atoms with van der Waals surface area (Å²) in [4.78, 5) is 6.70. The van der Waals surface area contributed by atoms with Crippen LogP contribution in [0.2, 0.25) is 0 Å². The molecule has 40 heavy (non-hydrogen) atoms. The Labute approximate surface area is 231 Å². The molecule has 0 spiro atoms. The largest absolute Gasteiger partial charge is 0.389 e. The van der Waals surface area contributed by atoms with Crippen molar-refractivity contribution in [2.75, 3.05) is 18.4 Å². The second kappa shape index (κ2) is 11.6. The number of benzene rings is 1. The molecular formula is C30H32F3N7. The van der Waals surface area contributed by atoms with Gasteiger partial charge in [0.1, 0.15) is 11.8 Å². The van der Waals surface area contributed by atoms with Crippen LogP contribution in [0.1, 0.15) is 53.0 Å². The normalized spacial score (nSPS) is 14.9.